The molecule has 7 heteroatoms. The van der Waals surface area contributed by atoms with Crippen molar-refractivity contribution in [3.63, 3.8) is 0 Å². The minimum Gasteiger partial charge on any atom is -0.495 e. The Morgan fingerprint density at radius 3 is 2.62 bits per heavy atom. The molecule has 1 aromatic carbocycles. The van der Waals surface area contributed by atoms with E-state index in [2.05, 4.69) is 10.4 Å². The second-order valence-corrected chi connectivity index (χ2v) is 6.62. The van der Waals surface area contributed by atoms with Crippen LogP contribution >= 0.6 is 0 Å². The zero-order valence-electron chi connectivity index (χ0n) is 11.8. The molecular weight excluding hydrogens is 290 g/mol. The predicted octanol–water partition coefficient (Wildman–Crippen LogP) is 1.05. The lowest BCUT2D eigenvalue weighted by Gasteiger charge is -2.17. The van der Waals surface area contributed by atoms with Crippen LogP contribution in [0.4, 0.5) is 0 Å². The largest absolute Gasteiger partial charge is 0.495 e. The molecule has 1 aromatic heterocycles. The van der Waals surface area contributed by atoms with Gasteiger partial charge in [-0.3, -0.25) is 10.8 Å². The summed E-state index contributed by atoms with van der Waals surface area (Å²) >= 11 is 0. The fourth-order valence-corrected chi connectivity index (χ4v) is 2.69. The maximum absolute atomic E-state index is 11.6. The van der Waals surface area contributed by atoms with Crippen LogP contribution in [0.2, 0.25) is 0 Å². The smallest absolute Gasteiger partial charge is 0.175 e. The van der Waals surface area contributed by atoms with Gasteiger partial charge in [0.15, 0.2) is 9.84 Å². The number of aromatic nitrogens is 1. The first-order valence-corrected chi connectivity index (χ1v) is 8.10. The SMILES string of the molecule is COc1cncc(C(NN)c2cccc(S(C)(=O)=O)c2)c1. The van der Waals surface area contributed by atoms with E-state index in [0.717, 1.165) is 11.1 Å². The number of benzene rings is 1. The fourth-order valence-electron chi connectivity index (χ4n) is 2.01. The lowest BCUT2D eigenvalue weighted by Crippen LogP contribution is -2.29. The van der Waals surface area contributed by atoms with E-state index in [-0.39, 0.29) is 10.9 Å². The molecule has 2 rings (SSSR count). The van der Waals surface area contributed by atoms with Crippen molar-refractivity contribution in [1.82, 2.24) is 10.4 Å². The molecule has 3 N–H and O–H groups in total. The quantitative estimate of drug-likeness (QED) is 0.633. The number of ether oxygens (including phenoxy) is 1. The van der Waals surface area contributed by atoms with E-state index in [1.807, 2.05) is 0 Å². The molecule has 0 saturated heterocycles. The third kappa shape index (κ3) is 3.57. The number of nitrogens with two attached hydrogens (primary N) is 1. The van der Waals surface area contributed by atoms with Crippen molar-refractivity contribution in [2.45, 2.75) is 10.9 Å². The van der Waals surface area contributed by atoms with Gasteiger partial charge in [-0.05, 0) is 29.3 Å². The van der Waals surface area contributed by atoms with Gasteiger partial charge in [0.2, 0.25) is 0 Å². The first kappa shape index (κ1) is 15.4. The van der Waals surface area contributed by atoms with E-state index in [0.29, 0.717) is 5.75 Å². The number of sulfone groups is 1. The number of methoxy groups -OCH3 is 1. The monoisotopic (exact) mass is 307 g/mol. The Kier molecular flexibility index (Phi) is 4.56. The summed E-state index contributed by atoms with van der Waals surface area (Å²) in [5, 5.41) is 0. The predicted molar refractivity (Wildman–Crippen MR) is 79.5 cm³/mol. The van der Waals surface area contributed by atoms with Crippen LogP contribution in [0.15, 0.2) is 47.6 Å². The molecule has 0 amide bonds. The maximum Gasteiger partial charge on any atom is 0.175 e. The summed E-state index contributed by atoms with van der Waals surface area (Å²) in [6, 6.07) is 8.05. The number of rotatable bonds is 5. The molecule has 0 aliphatic rings. The lowest BCUT2D eigenvalue weighted by molar-refractivity contribution is 0.411. The summed E-state index contributed by atoms with van der Waals surface area (Å²) in [6.45, 7) is 0. The van der Waals surface area contributed by atoms with E-state index >= 15 is 0 Å². The van der Waals surface area contributed by atoms with Crippen LogP contribution in [-0.4, -0.2) is 26.8 Å². The summed E-state index contributed by atoms with van der Waals surface area (Å²) in [5.74, 6) is 6.22. The Balaban J connectivity index is 2.46. The molecule has 21 heavy (non-hydrogen) atoms. The zero-order valence-corrected chi connectivity index (χ0v) is 12.6. The van der Waals surface area contributed by atoms with E-state index in [4.69, 9.17) is 10.6 Å². The number of hydrogen-bond acceptors (Lipinski definition) is 6. The van der Waals surface area contributed by atoms with E-state index in [1.54, 1.807) is 49.8 Å². The van der Waals surface area contributed by atoms with Gasteiger partial charge >= 0.3 is 0 Å². The Labute approximate surface area is 123 Å². The molecule has 0 radical (unpaired) electrons. The van der Waals surface area contributed by atoms with Gasteiger partial charge in [0.05, 0.1) is 24.2 Å². The average Bonchev–Trinajstić information content (AvgIpc) is 2.48. The molecule has 1 atom stereocenters. The van der Waals surface area contributed by atoms with E-state index in [1.165, 1.54) is 6.26 Å². The van der Waals surface area contributed by atoms with Gasteiger partial charge in [0, 0.05) is 12.5 Å². The van der Waals surface area contributed by atoms with Crippen molar-refractivity contribution < 1.29 is 13.2 Å². The number of pyridine rings is 1. The Bertz CT molecular complexity index is 732. The summed E-state index contributed by atoms with van der Waals surface area (Å²) in [5.41, 5.74) is 4.19. The molecule has 0 fully saturated rings. The minimum atomic E-state index is -3.27. The van der Waals surface area contributed by atoms with Crippen LogP contribution in [-0.2, 0) is 9.84 Å². The van der Waals surface area contributed by atoms with Gasteiger partial charge < -0.3 is 4.74 Å². The summed E-state index contributed by atoms with van der Waals surface area (Å²) in [7, 11) is -1.72. The van der Waals surface area contributed by atoms with Gasteiger partial charge in [0.25, 0.3) is 0 Å². The molecule has 1 unspecified atom stereocenters. The Morgan fingerprint density at radius 2 is 2.00 bits per heavy atom. The Hall–Kier alpha value is -1.96. The molecule has 0 aliphatic heterocycles. The molecular formula is C14H17N3O3S. The number of hydrogen-bond donors (Lipinski definition) is 2. The first-order valence-electron chi connectivity index (χ1n) is 6.21. The zero-order chi connectivity index (χ0) is 15.5. The summed E-state index contributed by atoms with van der Waals surface area (Å²) < 4.78 is 28.4. The fraction of sp³-hybridized carbons (Fsp3) is 0.214. The van der Waals surface area contributed by atoms with Crippen molar-refractivity contribution in [2.24, 2.45) is 5.84 Å². The Morgan fingerprint density at radius 1 is 1.24 bits per heavy atom. The van der Waals surface area contributed by atoms with Gasteiger partial charge in [-0.2, -0.15) is 0 Å². The summed E-state index contributed by atoms with van der Waals surface area (Å²) in [6.07, 6.45) is 4.41. The second kappa shape index (κ2) is 6.21. The van der Waals surface area contributed by atoms with Crippen molar-refractivity contribution in [3.05, 3.63) is 53.9 Å². The van der Waals surface area contributed by atoms with Gasteiger partial charge in [-0.15, -0.1) is 0 Å². The van der Waals surface area contributed by atoms with Crippen LogP contribution in [0.25, 0.3) is 0 Å². The van der Waals surface area contributed by atoms with Crippen LogP contribution < -0.4 is 16.0 Å². The van der Waals surface area contributed by atoms with Gasteiger partial charge in [-0.25, -0.2) is 13.8 Å². The molecule has 2 aromatic rings. The average molecular weight is 307 g/mol. The summed E-state index contributed by atoms with van der Waals surface area (Å²) in [4.78, 5) is 4.33. The third-order valence-corrected chi connectivity index (χ3v) is 4.20. The topological polar surface area (TPSA) is 94.3 Å². The maximum atomic E-state index is 11.6. The minimum absolute atomic E-state index is 0.246. The molecule has 1 heterocycles. The first-order chi connectivity index (χ1) is 9.95. The number of nitrogens with zero attached hydrogens (tertiary/aromatic N) is 1. The van der Waals surface area contributed by atoms with Crippen molar-refractivity contribution in [3.8, 4) is 5.75 Å². The highest BCUT2D eigenvalue weighted by Gasteiger charge is 2.16. The normalized spacial score (nSPS) is 12.9. The van der Waals surface area contributed by atoms with Crippen LogP contribution in [0.3, 0.4) is 0 Å². The van der Waals surface area contributed by atoms with Gasteiger partial charge in [0.1, 0.15) is 5.75 Å². The van der Waals surface area contributed by atoms with Crippen LogP contribution in [0.1, 0.15) is 17.2 Å². The highest BCUT2D eigenvalue weighted by molar-refractivity contribution is 7.90. The molecule has 112 valence electrons. The highest BCUT2D eigenvalue weighted by atomic mass is 32.2. The van der Waals surface area contributed by atoms with Crippen molar-refractivity contribution in [1.29, 1.82) is 0 Å². The number of hydrazine groups is 1. The standard InChI is InChI=1S/C14H17N3O3S/c1-20-12-6-11(8-16-9-12)14(17-15)10-4-3-5-13(7-10)21(2,18)19/h3-9,14,17H,15H2,1-2H3. The molecule has 0 saturated carbocycles. The van der Waals surface area contributed by atoms with E-state index in [9.17, 15) is 8.42 Å². The third-order valence-electron chi connectivity index (χ3n) is 3.09. The molecule has 0 spiro atoms. The van der Waals surface area contributed by atoms with Crippen molar-refractivity contribution >= 4 is 9.84 Å². The second-order valence-electron chi connectivity index (χ2n) is 4.60. The van der Waals surface area contributed by atoms with Crippen LogP contribution in [0, 0.1) is 0 Å². The van der Waals surface area contributed by atoms with Crippen LogP contribution in [0.5, 0.6) is 5.75 Å². The molecule has 6 nitrogen and oxygen atoms in total. The molecule has 0 aliphatic carbocycles. The van der Waals surface area contributed by atoms with Gasteiger partial charge in [-0.1, -0.05) is 12.1 Å². The number of nitrogens with one attached hydrogen (secondary N) is 1. The van der Waals surface area contributed by atoms with E-state index < -0.39 is 9.84 Å². The lowest BCUT2D eigenvalue weighted by atomic mass is 10.0. The van der Waals surface area contributed by atoms with Crippen molar-refractivity contribution in [2.75, 3.05) is 13.4 Å². The molecule has 0 bridgehead atoms. The highest BCUT2D eigenvalue weighted by Crippen LogP contribution is 2.25.